The Morgan fingerprint density at radius 2 is 0.943 bits per heavy atom. The van der Waals surface area contributed by atoms with Crippen molar-refractivity contribution in [3.63, 3.8) is 0 Å². The lowest BCUT2D eigenvalue weighted by Gasteiger charge is -2.25. The number of hydrogen-bond donors (Lipinski definition) is 0. The lowest BCUT2D eigenvalue weighted by Crippen LogP contribution is -2.24. The van der Waals surface area contributed by atoms with Gasteiger partial charge in [-0.15, -0.1) is 0 Å². The Kier molecular flexibility index (Phi) is 10.8. The minimum absolute atomic E-state index is 0.603. The fraction of sp³-hybridized carbons (Fsp3) is 0.571. The highest BCUT2D eigenvalue weighted by atomic mass is 16.5. The van der Waals surface area contributed by atoms with Gasteiger partial charge in [-0.2, -0.15) is 0 Å². The Labute approximate surface area is 212 Å². The molecule has 2 aromatic carbocycles. The van der Waals surface area contributed by atoms with E-state index in [0.29, 0.717) is 39.6 Å². The maximum atomic E-state index is 5.80. The molecule has 7 nitrogen and oxygen atoms in total. The molecule has 194 valence electrons. The van der Waals surface area contributed by atoms with Crippen molar-refractivity contribution >= 4 is 11.4 Å². The molecule has 0 atom stereocenters. The van der Waals surface area contributed by atoms with Crippen molar-refractivity contribution < 1.29 is 14.2 Å². The van der Waals surface area contributed by atoms with Gasteiger partial charge in [-0.05, 0) is 60.6 Å². The van der Waals surface area contributed by atoms with E-state index in [2.05, 4.69) is 98.3 Å². The van der Waals surface area contributed by atoms with Gasteiger partial charge in [-0.1, -0.05) is 12.1 Å². The van der Waals surface area contributed by atoms with E-state index in [1.165, 1.54) is 33.6 Å². The second-order valence-corrected chi connectivity index (χ2v) is 9.78. The first-order chi connectivity index (χ1) is 16.8. The van der Waals surface area contributed by atoms with Crippen LogP contribution in [0.3, 0.4) is 0 Å². The SMILES string of the molecule is CN1CCOCCOCCOCCN(C)Cc2cc(N(C)C)ccc2-c2ccc(N(C)C)cc2C1. The van der Waals surface area contributed by atoms with Crippen LogP contribution in [0.1, 0.15) is 11.1 Å². The van der Waals surface area contributed by atoms with Gasteiger partial charge in [-0.25, -0.2) is 0 Å². The Morgan fingerprint density at radius 3 is 1.31 bits per heavy atom. The topological polar surface area (TPSA) is 40.7 Å². The number of anilines is 2. The molecule has 1 aliphatic rings. The van der Waals surface area contributed by atoms with Gasteiger partial charge in [-0.3, -0.25) is 9.80 Å². The first kappa shape index (κ1) is 27.4. The third-order valence-electron chi connectivity index (χ3n) is 6.36. The lowest BCUT2D eigenvalue weighted by molar-refractivity contribution is 0.00847. The summed E-state index contributed by atoms with van der Waals surface area (Å²) in [5, 5.41) is 0. The summed E-state index contributed by atoms with van der Waals surface area (Å²) in [7, 11) is 12.7. The van der Waals surface area contributed by atoms with Gasteiger partial charge in [0.25, 0.3) is 0 Å². The van der Waals surface area contributed by atoms with Crippen LogP contribution in [0.2, 0.25) is 0 Å². The maximum absolute atomic E-state index is 5.80. The van der Waals surface area contributed by atoms with E-state index in [1.54, 1.807) is 0 Å². The zero-order valence-corrected chi connectivity index (χ0v) is 22.5. The zero-order valence-electron chi connectivity index (χ0n) is 22.5. The van der Waals surface area contributed by atoms with Crippen LogP contribution >= 0.6 is 0 Å². The lowest BCUT2D eigenvalue weighted by atomic mass is 9.93. The predicted molar refractivity (Wildman–Crippen MR) is 146 cm³/mol. The zero-order chi connectivity index (χ0) is 25.2. The molecule has 0 bridgehead atoms. The average molecular weight is 485 g/mol. The molecular formula is C28H44N4O3. The Balaban J connectivity index is 1.98. The highest BCUT2D eigenvalue weighted by Crippen LogP contribution is 2.33. The van der Waals surface area contributed by atoms with Crippen LogP contribution in [-0.4, -0.2) is 105 Å². The van der Waals surface area contributed by atoms with E-state index < -0.39 is 0 Å². The largest absolute Gasteiger partial charge is 0.378 e. The molecule has 1 aliphatic heterocycles. The molecule has 0 fully saturated rings. The minimum atomic E-state index is 0.603. The average Bonchev–Trinajstić information content (AvgIpc) is 2.82. The van der Waals surface area contributed by atoms with E-state index >= 15 is 0 Å². The molecule has 3 rings (SSSR count). The van der Waals surface area contributed by atoms with Crippen LogP contribution in [0.25, 0.3) is 11.1 Å². The third kappa shape index (κ3) is 8.47. The minimum Gasteiger partial charge on any atom is -0.378 e. The number of benzene rings is 2. The van der Waals surface area contributed by atoms with Gasteiger partial charge >= 0.3 is 0 Å². The molecule has 0 radical (unpaired) electrons. The first-order valence-electron chi connectivity index (χ1n) is 12.6. The summed E-state index contributed by atoms with van der Waals surface area (Å²) < 4.78 is 17.2. The van der Waals surface area contributed by atoms with Crippen molar-refractivity contribution in [1.29, 1.82) is 0 Å². The van der Waals surface area contributed by atoms with Crippen LogP contribution in [0.5, 0.6) is 0 Å². The van der Waals surface area contributed by atoms with Crippen LogP contribution in [-0.2, 0) is 27.3 Å². The standard InChI is InChI=1S/C28H44N4O3/c1-29(2)25-7-9-27-23(19-25)21-31(5)11-13-33-15-17-35-18-16-34-14-12-32(6)22-24-20-26(30(3)4)8-10-28(24)27/h7-10,19-20H,11-18,21-22H2,1-6H3. The summed E-state index contributed by atoms with van der Waals surface area (Å²) in [6, 6.07) is 13.7. The van der Waals surface area contributed by atoms with Gasteiger partial charge in [0.05, 0.1) is 39.6 Å². The summed E-state index contributed by atoms with van der Waals surface area (Å²) in [6.07, 6.45) is 0. The van der Waals surface area contributed by atoms with E-state index in [-0.39, 0.29) is 0 Å². The fourth-order valence-electron chi connectivity index (χ4n) is 4.23. The van der Waals surface area contributed by atoms with Crippen LogP contribution in [0.4, 0.5) is 11.4 Å². The quantitative estimate of drug-likeness (QED) is 0.647. The molecule has 0 spiro atoms. The van der Waals surface area contributed by atoms with Crippen molar-refractivity contribution in [2.24, 2.45) is 0 Å². The van der Waals surface area contributed by atoms with Crippen molar-refractivity contribution in [2.75, 3.05) is 105 Å². The van der Waals surface area contributed by atoms with Crippen LogP contribution in [0, 0.1) is 0 Å². The number of likely N-dealkylation sites (N-methyl/N-ethyl adjacent to an activating group) is 2. The molecule has 0 N–H and O–H groups in total. The molecule has 0 aromatic heterocycles. The van der Waals surface area contributed by atoms with Gasteiger partial charge in [0.2, 0.25) is 0 Å². The summed E-state index contributed by atoms with van der Waals surface area (Å²) in [6.45, 7) is 7.24. The summed E-state index contributed by atoms with van der Waals surface area (Å²) in [4.78, 5) is 9.01. The summed E-state index contributed by atoms with van der Waals surface area (Å²) in [5.41, 5.74) is 7.66. The Morgan fingerprint density at radius 1 is 0.571 bits per heavy atom. The number of hydrogen-bond acceptors (Lipinski definition) is 7. The van der Waals surface area contributed by atoms with E-state index in [9.17, 15) is 0 Å². The van der Waals surface area contributed by atoms with Crippen molar-refractivity contribution in [3.05, 3.63) is 47.5 Å². The number of fused-ring (bicyclic) bond motifs is 3. The molecule has 0 saturated heterocycles. The Hall–Kier alpha value is -2.16. The van der Waals surface area contributed by atoms with E-state index in [4.69, 9.17) is 14.2 Å². The Bertz CT molecular complexity index is 846. The smallest absolute Gasteiger partial charge is 0.0701 e. The monoisotopic (exact) mass is 484 g/mol. The first-order valence-corrected chi connectivity index (χ1v) is 12.6. The van der Waals surface area contributed by atoms with Gasteiger partial charge in [0.15, 0.2) is 0 Å². The highest BCUT2D eigenvalue weighted by molar-refractivity contribution is 5.75. The molecular weight excluding hydrogens is 440 g/mol. The molecule has 0 saturated carbocycles. The highest BCUT2D eigenvalue weighted by Gasteiger charge is 2.16. The predicted octanol–water partition coefficient (Wildman–Crippen LogP) is 3.41. The fourth-order valence-corrected chi connectivity index (χ4v) is 4.23. The molecule has 1 heterocycles. The van der Waals surface area contributed by atoms with Crippen LogP contribution in [0.15, 0.2) is 36.4 Å². The number of rotatable bonds is 2. The second kappa shape index (κ2) is 13.8. The third-order valence-corrected chi connectivity index (χ3v) is 6.36. The van der Waals surface area contributed by atoms with Crippen molar-refractivity contribution in [2.45, 2.75) is 13.1 Å². The molecule has 0 aliphatic carbocycles. The van der Waals surface area contributed by atoms with Crippen LogP contribution < -0.4 is 9.80 Å². The normalized spacial score (nSPS) is 18.0. The van der Waals surface area contributed by atoms with Crippen molar-refractivity contribution in [3.8, 4) is 11.1 Å². The van der Waals surface area contributed by atoms with Gasteiger partial charge in [0, 0.05) is 65.7 Å². The summed E-state index contributed by atoms with van der Waals surface area (Å²) in [5.74, 6) is 0. The maximum Gasteiger partial charge on any atom is 0.0701 e. The van der Waals surface area contributed by atoms with E-state index in [0.717, 1.165) is 26.2 Å². The van der Waals surface area contributed by atoms with Gasteiger partial charge < -0.3 is 24.0 Å². The molecule has 35 heavy (non-hydrogen) atoms. The van der Waals surface area contributed by atoms with Gasteiger partial charge in [0.1, 0.15) is 0 Å². The van der Waals surface area contributed by atoms with E-state index in [1.807, 2.05) is 0 Å². The second-order valence-electron chi connectivity index (χ2n) is 9.78. The summed E-state index contributed by atoms with van der Waals surface area (Å²) >= 11 is 0. The number of ether oxygens (including phenoxy) is 3. The molecule has 7 heteroatoms. The molecule has 0 unspecified atom stereocenters. The number of nitrogens with zero attached hydrogens (tertiary/aromatic N) is 4. The molecule has 0 amide bonds. The molecule has 2 aromatic rings. The van der Waals surface area contributed by atoms with Crippen molar-refractivity contribution in [1.82, 2.24) is 9.80 Å².